The van der Waals surface area contributed by atoms with Crippen molar-refractivity contribution in [1.82, 2.24) is 29.5 Å². The lowest BCUT2D eigenvalue weighted by Crippen LogP contribution is -2.55. The van der Waals surface area contributed by atoms with E-state index in [1.165, 1.54) is 65.6 Å². The van der Waals surface area contributed by atoms with Gasteiger partial charge in [0.1, 0.15) is 78.5 Å². The summed E-state index contributed by atoms with van der Waals surface area (Å²) in [5.74, 6) is 2.48. The van der Waals surface area contributed by atoms with Gasteiger partial charge in [-0.25, -0.2) is 24.9 Å². The molecule has 6 nitrogen and oxygen atoms in total. The van der Waals surface area contributed by atoms with Gasteiger partial charge in [-0.3, -0.25) is 0 Å². The number of benzene rings is 8. The van der Waals surface area contributed by atoms with E-state index in [1.54, 1.807) is 0 Å². The Morgan fingerprint density at radius 1 is 0.296 bits per heavy atom. The third-order valence-corrected chi connectivity index (χ3v) is 15.5. The molecule has 71 heavy (non-hydrogen) atoms. The Bertz CT molecular complexity index is 3740. The van der Waals surface area contributed by atoms with Gasteiger partial charge in [-0.05, 0) is 47.5 Å². The number of nitrogens with zero attached hydrogens (tertiary/aromatic N) is 6. The summed E-state index contributed by atoms with van der Waals surface area (Å²) in [6.45, 7) is 0. The summed E-state index contributed by atoms with van der Waals surface area (Å²) < 4.78 is 2.39. The first-order valence-corrected chi connectivity index (χ1v) is 24.5. The quantitative estimate of drug-likeness (QED) is 0.146. The minimum absolute atomic E-state index is 0.568. The van der Waals surface area contributed by atoms with E-state index in [2.05, 4.69) is 229 Å². The van der Waals surface area contributed by atoms with Crippen molar-refractivity contribution >= 4 is 155 Å². The number of rotatable bonds is 8. The summed E-state index contributed by atoms with van der Waals surface area (Å²) in [6.07, 6.45) is 0. The predicted octanol–water partition coefficient (Wildman–Crippen LogP) is -3.99. The lowest BCUT2D eigenvalue weighted by atomic mass is 9.60. The molecule has 0 aliphatic heterocycles. The van der Waals surface area contributed by atoms with E-state index in [0.717, 1.165) is 72.4 Å². The molecule has 0 saturated carbocycles. The molecule has 11 rings (SSSR count). The average molecular weight is 899 g/mol. The minimum atomic E-state index is 0.568. The molecule has 0 N–H and O–H groups in total. The van der Waals surface area contributed by atoms with E-state index in [1.807, 2.05) is 12.1 Å². The lowest BCUT2D eigenvalue weighted by molar-refractivity contribution is 1.07. The minimum Gasteiger partial charge on any atom is -0.308 e. The van der Waals surface area contributed by atoms with Crippen LogP contribution < -0.4 is 54.6 Å². The van der Waals surface area contributed by atoms with Crippen molar-refractivity contribution in [1.29, 1.82) is 0 Å². The molecule has 3 heterocycles. The lowest BCUT2D eigenvalue weighted by Gasteiger charge is -2.22. The number of fused-ring (bicyclic) bond motifs is 3. The molecular formula is C55H46B10N6. The number of hydrogen-bond donors (Lipinski definition) is 0. The highest BCUT2D eigenvalue weighted by Gasteiger charge is 2.25. The van der Waals surface area contributed by atoms with Gasteiger partial charge in [-0.15, -0.1) is 32.8 Å². The summed E-state index contributed by atoms with van der Waals surface area (Å²) in [6, 6.07) is 55.4. The molecule has 0 saturated heterocycles. The van der Waals surface area contributed by atoms with E-state index in [0.29, 0.717) is 23.3 Å². The van der Waals surface area contributed by atoms with Gasteiger partial charge in [0.2, 0.25) is 0 Å². The second-order valence-corrected chi connectivity index (χ2v) is 19.2. The summed E-state index contributed by atoms with van der Waals surface area (Å²) in [4.78, 5) is 27.5. The number of hydrogen-bond acceptors (Lipinski definition) is 5. The molecule has 0 aliphatic carbocycles. The summed E-state index contributed by atoms with van der Waals surface area (Å²) in [5, 5.41) is 2.34. The van der Waals surface area contributed by atoms with Crippen molar-refractivity contribution in [3.05, 3.63) is 158 Å². The average Bonchev–Trinajstić information content (AvgIpc) is 3.75. The van der Waals surface area contributed by atoms with E-state index in [4.69, 9.17) is 24.9 Å². The molecule has 11 aromatic rings. The van der Waals surface area contributed by atoms with Crippen molar-refractivity contribution in [2.24, 2.45) is 0 Å². The second-order valence-electron chi connectivity index (χ2n) is 19.2. The van der Waals surface area contributed by atoms with E-state index >= 15 is 0 Å². The van der Waals surface area contributed by atoms with Crippen molar-refractivity contribution in [2.45, 2.75) is 0 Å². The SMILES string of the molecule is Bc1c(B)c(B)c(-c2nc(-c3cc(-c4nc(-c5ccccc5)cc(-c5ccccc5)n4)ccc3-n3c4ccccc4c4c(-c5ccccc5)cccc43)nc(-c3c(B)c(B)c(B)c(B)c3B)n2)c(B)c1B. The van der Waals surface area contributed by atoms with Crippen LogP contribution >= 0.6 is 0 Å². The summed E-state index contributed by atoms with van der Waals surface area (Å²) in [7, 11) is 22.1. The Morgan fingerprint density at radius 2 is 0.732 bits per heavy atom. The third kappa shape index (κ3) is 7.81. The van der Waals surface area contributed by atoms with Crippen LogP contribution in [0.25, 0.3) is 107 Å². The number of aromatic nitrogens is 6. The Hall–Kier alpha value is -7.70. The zero-order chi connectivity index (χ0) is 49.2. The molecule has 326 valence electrons. The maximum absolute atomic E-state index is 5.64. The Balaban J connectivity index is 1.27. The first-order chi connectivity index (χ1) is 34.4. The Labute approximate surface area is 424 Å². The summed E-state index contributed by atoms with van der Waals surface area (Å²) >= 11 is 0. The fourth-order valence-electron chi connectivity index (χ4n) is 10.7. The van der Waals surface area contributed by atoms with Crippen LogP contribution in [0, 0.1) is 0 Å². The molecule has 8 aromatic carbocycles. The van der Waals surface area contributed by atoms with Gasteiger partial charge in [0.15, 0.2) is 23.3 Å². The van der Waals surface area contributed by atoms with Crippen LogP contribution in [-0.4, -0.2) is 108 Å². The predicted molar refractivity (Wildman–Crippen MR) is 330 cm³/mol. The van der Waals surface area contributed by atoms with Gasteiger partial charge in [0.05, 0.1) is 28.1 Å². The fourth-order valence-corrected chi connectivity index (χ4v) is 10.7. The molecule has 0 bridgehead atoms. The van der Waals surface area contributed by atoms with E-state index in [9.17, 15) is 0 Å². The van der Waals surface area contributed by atoms with Crippen molar-refractivity contribution < 1.29 is 0 Å². The van der Waals surface area contributed by atoms with Crippen LogP contribution in [0.2, 0.25) is 0 Å². The topological polar surface area (TPSA) is 69.4 Å². The van der Waals surface area contributed by atoms with E-state index < -0.39 is 0 Å². The highest BCUT2D eigenvalue weighted by molar-refractivity contribution is 6.70. The molecule has 3 aromatic heterocycles. The van der Waals surface area contributed by atoms with Crippen LogP contribution in [-0.2, 0) is 0 Å². The highest BCUT2D eigenvalue weighted by Crippen LogP contribution is 2.41. The molecule has 0 fully saturated rings. The second kappa shape index (κ2) is 18.2. The van der Waals surface area contributed by atoms with Gasteiger partial charge in [-0.2, -0.15) is 0 Å². The Morgan fingerprint density at radius 3 is 1.25 bits per heavy atom. The smallest absolute Gasteiger partial charge is 0.166 e. The van der Waals surface area contributed by atoms with Gasteiger partial charge in [0.25, 0.3) is 0 Å². The van der Waals surface area contributed by atoms with Crippen molar-refractivity contribution in [3.8, 4) is 84.9 Å². The van der Waals surface area contributed by atoms with Crippen molar-refractivity contribution in [2.75, 3.05) is 0 Å². The van der Waals surface area contributed by atoms with Gasteiger partial charge < -0.3 is 4.57 Å². The summed E-state index contributed by atoms with van der Waals surface area (Å²) in [5.41, 5.74) is 25.1. The molecule has 0 amide bonds. The van der Waals surface area contributed by atoms with Gasteiger partial charge in [0, 0.05) is 44.2 Å². The Kier molecular flexibility index (Phi) is 11.7. The fraction of sp³-hybridized carbons (Fsp3) is 0. The molecule has 0 radical (unpaired) electrons. The maximum atomic E-state index is 5.64. The standard InChI is InChI=1S/C55H46B10N6/c56-42-40(43(57)47(61)50(64)46(42)60)54-68-53(69-55(70-54)41-44(58)48(62)51(65)49(63)45(41)59)33-25-30(52-66-34(28-15-6-2-7-16-28)26-35(67-52)29-17-8-3-9-18-29)23-24-37(33)71-36-21-11-10-19-32(36)39-31(20-12-22-38(39)71)27-13-4-1-5-14-27/h1-26H,56-65H2. The third-order valence-electron chi connectivity index (χ3n) is 15.5. The zero-order valence-corrected chi connectivity index (χ0v) is 42.2. The normalized spacial score (nSPS) is 11.4. The van der Waals surface area contributed by atoms with E-state index in [-0.39, 0.29) is 0 Å². The largest absolute Gasteiger partial charge is 0.308 e. The first-order valence-electron chi connectivity index (χ1n) is 24.5. The zero-order valence-electron chi connectivity index (χ0n) is 42.2. The molecule has 0 aliphatic rings. The van der Waals surface area contributed by atoms with Crippen LogP contribution in [0.1, 0.15) is 0 Å². The molecular weight excluding hydrogens is 853 g/mol. The van der Waals surface area contributed by atoms with Crippen molar-refractivity contribution in [3.63, 3.8) is 0 Å². The van der Waals surface area contributed by atoms with Crippen LogP contribution in [0.3, 0.4) is 0 Å². The van der Waals surface area contributed by atoms with Crippen LogP contribution in [0.5, 0.6) is 0 Å². The van der Waals surface area contributed by atoms with Gasteiger partial charge >= 0.3 is 0 Å². The van der Waals surface area contributed by atoms with Crippen LogP contribution in [0.4, 0.5) is 0 Å². The molecule has 0 unspecified atom stereocenters. The molecule has 0 spiro atoms. The monoisotopic (exact) mass is 900 g/mol. The highest BCUT2D eigenvalue weighted by atomic mass is 15.1. The van der Waals surface area contributed by atoms with Crippen LogP contribution in [0.15, 0.2) is 158 Å². The molecule has 16 heteroatoms. The van der Waals surface area contributed by atoms with Gasteiger partial charge in [-0.1, -0.05) is 143 Å². The number of para-hydroxylation sites is 1. The first kappa shape index (κ1) is 45.7. The molecule has 0 atom stereocenters. The maximum Gasteiger partial charge on any atom is 0.166 e.